The normalized spacial score (nSPS) is 11.8. The molecule has 2 aromatic rings. The molecule has 2 rings (SSSR count). The van der Waals surface area contributed by atoms with Gasteiger partial charge in [0.2, 0.25) is 11.8 Å². The van der Waals surface area contributed by atoms with E-state index in [0.29, 0.717) is 38.0 Å². The maximum absolute atomic E-state index is 11.1. The maximum atomic E-state index is 11.1. The van der Waals surface area contributed by atoms with Crippen LogP contribution in [-0.4, -0.2) is 36.8 Å². The Morgan fingerprint density at radius 3 is 2.61 bits per heavy atom. The van der Waals surface area contributed by atoms with E-state index in [9.17, 15) is 4.79 Å². The Bertz CT molecular complexity index is 722. The molecule has 0 fully saturated rings. The van der Waals surface area contributed by atoms with Crippen molar-refractivity contribution in [3.05, 3.63) is 53.7 Å². The number of benzene rings is 1. The van der Waals surface area contributed by atoms with Gasteiger partial charge in [-0.05, 0) is 31.4 Å². The van der Waals surface area contributed by atoms with Gasteiger partial charge in [0, 0.05) is 32.6 Å². The van der Waals surface area contributed by atoms with Crippen molar-refractivity contribution in [1.29, 1.82) is 0 Å². The summed E-state index contributed by atoms with van der Waals surface area (Å²) in [6, 6.07) is 12.0. The Labute approximate surface area is 167 Å². The van der Waals surface area contributed by atoms with E-state index in [-0.39, 0.29) is 12.0 Å². The van der Waals surface area contributed by atoms with Crippen LogP contribution < -0.4 is 10.1 Å². The summed E-state index contributed by atoms with van der Waals surface area (Å²) >= 11 is 0. The van der Waals surface area contributed by atoms with E-state index < -0.39 is 0 Å². The molecular formula is C22H30N2O4. The summed E-state index contributed by atoms with van der Waals surface area (Å²) in [5, 5.41) is 2.74. The van der Waals surface area contributed by atoms with Gasteiger partial charge in [0.05, 0.1) is 31.2 Å². The fraction of sp³-hybridized carbons (Fsp3) is 0.455. The van der Waals surface area contributed by atoms with Crippen LogP contribution in [0.3, 0.4) is 0 Å². The van der Waals surface area contributed by atoms with Gasteiger partial charge in [-0.2, -0.15) is 0 Å². The van der Waals surface area contributed by atoms with Crippen LogP contribution in [0.2, 0.25) is 0 Å². The number of carbonyl (C=O) groups excluding carboxylic acids is 1. The molecule has 1 heterocycles. The lowest BCUT2D eigenvalue weighted by atomic mass is 10.2. The van der Waals surface area contributed by atoms with Crippen molar-refractivity contribution in [2.45, 2.75) is 46.3 Å². The van der Waals surface area contributed by atoms with Crippen LogP contribution in [0.5, 0.6) is 5.88 Å². The van der Waals surface area contributed by atoms with Crippen molar-refractivity contribution in [1.82, 2.24) is 4.98 Å². The molecule has 0 radical (unpaired) electrons. The third-order valence-corrected chi connectivity index (χ3v) is 4.08. The molecule has 28 heavy (non-hydrogen) atoms. The van der Waals surface area contributed by atoms with Gasteiger partial charge in [0.15, 0.2) is 0 Å². The van der Waals surface area contributed by atoms with Gasteiger partial charge in [-0.25, -0.2) is 4.98 Å². The maximum Gasteiger partial charge on any atom is 0.221 e. The Kier molecular flexibility index (Phi) is 9.45. The number of ether oxygens (including phenoxy) is 3. The topological polar surface area (TPSA) is 69.7 Å². The molecule has 1 amide bonds. The Hall–Kier alpha value is -2.44. The number of aromatic nitrogens is 1. The van der Waals surface area contributed by atoms with Crippen molar-refractivity contribution in [3.63, 3.8) is 0 Å². The summed E-state index contributed by atoms with van der Waals surface area (Å²) < 4.78 is 17.1. The molecule has 0 spiro atoms. The summed E-state index contributed by atoms with van der Waals surface area (Å²) in [5.41, 5.74) is 2.80. The highest BCUT2D eigenvalue weighted by Gasteiger charge is 2.08. The average Bonchev–Trinajstić information content (AvgIpc) is 2.66. The SMILES string of the molecule is CC(=O)Nc1cnc(O[C@H](C)CCOCCCOCc2ccccc2)cc1C. The van der Waals surface area contributed by atoms with Gasteiger partial charge in [-0.15, -0.1) is 0 Å². The fourth-order valence-corrected chi connectivity index (χ4v) is 2.56. The summed E-state index contributed by atoms with van der Waals surface area (Å²) in [6.45, 7) is 8.00. The Morgan fingerprint density at radius 1 is 1.14 bits per heavy atom. The van der Waals surface area contributed by atoms with Gasteiger partial charge < -0.3 is 19.5 Å². The van der Waals surface area contributed by atoms with E-state index in [1.165, 1.54) is 12.5 Å². The Morgan fingerprint density at radius 2 is 1.89 bits per heavy atom. The summed E-state index contributed by atoms with van der Waals surface area (Å²) in [6.07, 6.45) is 3.25. The van der Waals surface area contributed by atoms with Gasteiger partial charge in [0.25, 0.3) is 0 Å². The lowest BCUT2D eigenvalue weighted by Crippen LogP contribution is -2.16. The van der Waals surface area contributed by atoms with E-state index >= 15 is 0 Å². The Balaban J connectivity index is 1.54. The lowest BCUT2D eigenvalue weighted by Gasteiger charge is -2.15. The first kappa shape index (κ1) is 21.9. The van der Waals surface area contributed by atoms with E-state index in [1.807, 2.05) is 38.1 Å². The zero-order valence-corrected chi connectivity index (χ0v) is 16.9. The van der Waals surface area contributed by atoms with Crippen molar-refractivity contribution >= 4 is 11.6 Å². The number of amides is 1. The lowest BCUT2D eigenvalue weighted by molar-refractivity contribution is -0.114. The molecular weight excluding hydrogens is 356 g/mol. The summed E-state index contributed by atoms with van der Waals surface area (Å²) in [4.78, 5) is 15.4. The fourth-order valence-electron chi connectivity index (χ4n) is 2.56. The second kappa shape index (κ2) is 12.1. The number of hydrogen-bond donors (Lipinski definition) is 1. The number of pyridine rings is 1. The smallest absolute Gasteiger partial charge is 0.221 e. The number of nitrogens with zero attached hydrogens (tertiary/aromatic N) is 1. The van der Waals surface area contributed by atoms with Gasteiger partial charge in [0.1, 0.15) is 0 Å². The van der Waals surface area contributed by atoms with Crippen molar-refractivity contribution < 1.29 is 19.0 Å². The van der Waals surface area contributed by atoms with Crippen LogP contribution in [-0.2, 0) is 20.9 Å². The highest BCUT2D eigenvalue weighted by Crippen LogP contribution is 2.19. The predicted molar refractivity (Wildman–Crippen MR) is 110 cm³/mol. The second-order valence-electron chi connectivity index (χ2n) is 6.74. The van der Waals surface area contributed by atoms with E-state index in [0.717, 1.165) is 18.4 Å². The molecule has 1 atom stereocenters. The van der Waals surface area contributed by atoms with Crippen LogP contribution in [0.4, 0.5) is 5.69 Å². The zero-order valence-electron chi connectivity index (χ0n) is 16.9. The quantitative estimate of drug-likeness (QED) is 0.556. The molecule has 0 saturated carbocycles. The van der Waals surface area contributed by atoms with Crippen molar-refractivity contribution in [2.75, 3.05) is 25.1 Å². The van der Waals surface area contributed by atoms with E-state index in [2.05, 4.69) is 22.4 Å². The van der Waals surface area contributed by atoms with Crippen molar-refractivity contribution in [2.24, 2.45) is 0 Å². The molecule has 0 aliphatic rings. The van der Waals surface area contributed by atoms with Crippen LogP contribution in [0, 0.1) is 6.92 Å². The molecule has 0 bridgehead atoms. The third kappa shape index (κ3) is 8.50. The standard InChI is InChI=1S/C22H30N2O4/c1-17-14-22(23-15-21(17)24-19(3)25)28-18(2)10-13-26-11-7-12-27-16-20-8-5-4-6-9-20/h4-6,8-9,14-15,18H,7,10-13,16H2,1-3H3,(H,24,25)/t18-/m1/s1. The first-order valence-electron chi connectivity index (χ1n) is 9.65. The number of anilines is 1. The molecule has 1 N–H and O–H groups in total. The predicted octanol–water partition coefficient (Wildman–Crippen LogP) is 4.13. The van der Waals surface area contributed by atoms with E-state index in [4.69, 9.17) is 14.2 Å². The van der Waals surface area contributed by atoms with Crippen LogP contribution in [0.1, 0.15) is 37.8 Å². The summed E-state index contributed by atoms with van der Waals surface area (Å²) in [5.74, 6) is 0.433. The number of aryl methyl sites for hydroxylation is 1. The monoisotopic (exact) mass is 386 g/mol. The molecule has 6 nitrogen and oxygen atoms in total. The molecule has 0 aliphatic heterocycles. The van der Waals surface area contributed by atoms with Crippen LogP contribution in [0.15, 0.2) is 42.6 Å². The van der Waals surface area contributed by atoms with Crippen LogP contribution >= 0.6 is 0 Å². The molecule has 1 aromatic carbocycles. The zero-order chi connectivity index (χ0) is 20.2. The number of rotatable bonds is 12. The number of hydrogen-bond acceptors (Lipinski definition) is 5. The molecule has 1 aromatic heterocycles. The first-order valence-corrected chi connectivity index (χ1v) is 9.65. The minimum Gasteiger partial charge on any atom is -0.475 e. The summed E-state index contributed by atoms with van der Waals surface area (Å²) in [7, 11) is 0. The molecule has 0 aliphatic carbocycles. The van der Waals surface area contributed by atoms with Gasteiger partial charge >= 0.3 is 0 Å². The molecule has 152 valence electrons. The highest BCUT2D eigenvalue weighted by atomic mass is 16.5. The minimum atomic E-state index is -0.116. The first-order chi connectivity index (χ1) is 13.5. The third-order valence-electron chi connectivity index (χ3n) is 4.08. The van der Waals surface area contributed by atoms with Gasteiger partial charge in [-0.3, -0.25) is 4.79 Å². The molecule has 0 saturated heterocycles. The van der Waals surface area contributed by atoms with Gasteiger partial charge in [-0.1, -0.05) is 30.3 Å². The largest absolute Gasteiger partial charge is 0.475 e. The second-order valence-corrected chi connectivity index (χ2v) is 6.74. The minimum absolute atomic E-state index is 0.00662. The molecule has 0 unspecified atom stereocenters. The number of nitrogens with one attached hydrogen (secondary N) is 1. The number of carbonyl (C=O) groups is 1. The van der Waals surface area contributed by atoms with Crippen molar-refractivity contribution in [3.8, 4) is 5.88 Å². The highest BCUT2D eigenvalue weighted by molar-refractivity contribution is 5.89. The average molecular weight is 386 g/mol. The molecule has 6 heteroatoms. The van der Waals surface area contributed by atoms with E-state index in [1.54, 1.807) is 6.20 Å². The van der Waals surface area contributed by atoms with Crippen LogP contribution in [0.25, 0.3) is 0 Å².